The van der Waals surface area contributed by atoms with Gasteiger partial charge in [0.25, 0.3) is 0 Å². The molecular weight excluding hydrogens is 284 g/mol. The van der Waals surface area contributed by atoms with Gasteiger partial charge in [-0.3, -0.25) is 4.98 Å². The number of aryl methyl sites for hydroxylation is 1. The summed E-state index contributed by atoms with van der Waals surface area (Å²) in [5.41, 5.74) is 2.05. The van der Waals surface area contributed by atoms with Gasteiger partial charge in [-0.15, -0.1) is 0 Å². The van der Waals surface area contributed by atoms with Crippen molar-refractivity contribution >= 4 is 11.6 Å². The highest BCUT2D eigenvalue weighted by atomic mass is 35.5. The molecule has 0 amide bonds. The van der Waals surface area contributed by atoms with E-state index in [2.05, 4.69) is 24.1 Å². The molecule has 2 rings (SSSR count). The van der Waals surface area contributed by atoms with Gasteiger partial charge in [-0.2, -0.15) is 0 Å². The highest BCUT2D eigenvalue weighted by molar-refractivity contribution is 6.30. The number of rotatable bonds is 6. The van der Waals surface area contributed by atoms with Gasteiger partial charge in [0.2, 0.25) is 0 Å². The molecule has 0 aliphatic rings. The average molecular weight is 305 g/mol. The fourth-order valence-corrected chi connectivity index (χ4v) is 2.07. The van der Waals surface area contributed by atoms with Crippen molar-refractivity contribution < 1.29 is 4.74 Å². The molecule has 1 aromatic heterocycles. The van der Waals surface area contributed by atoms with Crippen molar-refractivity contribution in [2.24, 2.45) is 5.92 Å². The van der Waals surface area contributed by atoms with Crippen molar-refractivity contribution in [1.82, 2.24) is 10.3 Å². The van der Waals surface area contributed by atoms with Gasteiger partial charge in [0, 0.05) is 22.8 Å². The summed E-state index contributed by atoms with van der Waals surface area (Å²) >= 11 is 6.08. The number of benzene rings is 1. The van der Waals surface area contributed by atoms with E-state index in [0.29, 0.717) is 16.7 Å². The summed E-state index contributed by atoms with van der Waals surface area (Å²) < 4.78 is 5.92. The molecule has 3 nitrogen and oxygen atoms in total. The number of halogens is 1. The number of nitrogens with one attached hydrogen (secondary N) is 1. The van der Waals surface area contributed by atoms with Crippen molar-refractivity contribution in [1.29, 1.82) is 0 Å². The minimum atomic E-state index is 0.614. The molecule has 0 aliphatic heterocycles. The van der Waals surface area contributed by atoms with Crippen LogP contribution in [0.1, 0.15) is 25.1 Å². The average Bonchev–Trinajstić information content (AvgIpc) is 2.43. The van der Waals surface area contributed by atoms with Crippen molar-refractivity contribution in [2.45, 2.75) is 27.3 Å². The van der Waals surface area contributed by atoms with Crippen LogP contribution in [0.3, 0.4) is 0 Å². The third-order valence-electron chi connectivity index (χ3n) is 3.01. The van der Waals surface area contributed by atoms with E-state index in [1.165, 1.54) is 0 Å². The molecule has 0 spiro atoms. The SMILES string of the molecule is Cc1ccc(Oc2cc(Cl)ccc2CNCC(C)C)cn1. The molecule has 0 saturated carbocycles. The van der Waals surface area contributed by atoms with E-state index in [0.717, 1.165) is 30.1 Å². The van der Waals surface area contributed by atoms with Gasteiger partial charge in [0.1, 0.15) is 11.5 Å². The predicted molar refractivity (Wildman–Crippen MR) is 87.0 cm³/mol. The molecule has 0 saturated heterocycles. The summed E-state index contributed by atoms with van der Waals surface area (Å²) in [6.45, 7) is 8.04. The fourth-order valence-electron chi connectivity index (χ4n) is 1.91. The number of nitrogens with zero attached hydrogens (tertiary/aromatic N) is 1. The molecule has 0 atom stereocenters. The normalized spacial score (nSPS) is 10.9. The number of pyridine rings is 1. The third-order valence-corrected chi connectivity index (χ3v) is 3.24. The van der Waals surface area contributed by atoms with Crippen LogP contribution in [0.25, 0.3) is 0 Å². The molecular formula is C17H21ClN2O. The van der Waals surface area contributed by atoms with Crippen molar-refractivity contribution in [3.8, 4) is 11.5 Å². The van der Waals surface area contributed by atoms with Crippen LogP contribution in [0.15, 0.2) is 36.5 Å². The van der Waals surface area contributed by atoms with Gasteiger partial charge < -0.3 is 10.1 Å². The van der Waals surface area contributed by atoms with Crippen molar-refractivity contribution in [3.05, 3.63) is 52.8 Å². The van der Waals surface area contributed by atoms with Crippen LogP contribution < -0.4 is 10.1 Å². The quantitative estimate of drug-likeness (QED) is 0.848. The summed E-state index contributed by atoms with van der Waals surface area (Å²) in [5, 5.41) is 4.08. The Bertz CT molecular complexity index is 582. The molecule has 2 aromatic rings. The second-order valence-electron chi connectivity index (χ2n) is 5.51. The van der Waals surface area contributed by atoms with Crippen molar-refractivity contribution in [3.63, 3.8) is 0 Å². The maximum atomic E-state index is 6.08. The molecule has 1 aromatic carbocycles. The van der Waals surface area contributed by atoms with E-state index < -0.39 is 0 Å². The number of hydrogen-bond donors (Lipinski definition) is 1. The Morgan fingerprint density at radius 3 is 2.71 bits per heavy atom. The highest BCUT2D eigenvalue weighted by Gasteiger charge is 2.07. The zero-order valence-corrected chi connectivity index (χ0v) is 13.4. The largest absolute Gasteiger partial charge is 0.455 e. The molecule has 1 heterocycles. The zero-order chi connectivity index (χ0) is 15.2. The summed E-state index contributed by atoms with van der Waals surface area (Å²) in [6.07, 6.45) is 1.72. The first kappa shape index (κ1) is 15.8. The first-order valence-electron chi connectivity index (χ1n) is 7.14. The first-order chi connectivity index (χ1) is 10.0. The standard InChI is InChI=1S/C17H21ClN2O/c1-12(2)9-19-10-14-5-6-15(18)8-17(14)21-16-7-4-13(3)20-11-16/h4-8,11-12,19H,9-10H2,1-3H3. The van der Waals surface area contributed by atoms with Gasteiger partial charge in [0.05, 0.1) is 6.20 Å². The third kappa shape index (κ3) is 5.03. The highest BCUT2D eigenvalue weighted by Crippen LogP contribution is 2.28. The molecule has 112 valence electrons. The number of aromatic nitrogens is 1. The van der Waals surface area contributed by atoms with Gasteiger partial charge in [0.15, 0.2) is 0 Å². The lowest BCUT2D eigenvalue weighted by atomic mass is 10.1. The Balaban J connectivity index is 2.12. The maximum absolute atomic E-state index is 6.08. The fraction of sp³-hybridized carbons (Fsp3) is 0.353. The molecule has 0 aliphatic carbocycles. The molecule has 0 bridgehead atoms. The molecule has 0 radical (unpaired) electrons. The van der Waals surface area contributed by atoms with Gasteiger partial charge in [-0.25, -0.2) is 0 Å². The monoisotopic (exact) mass is 304 g/mol. The summed E-state index contributed by atoms with van der Waals surface area (Å²) in [6, 6.07) is 9.56. The van der Waals surface area contributed by atoms with Crippen LogP contribution in [0.4, 0.5) is 0 Å². The van der Waals surface area contributed by atoms with Crippen LogP contribution in [0.5, 0.6) is 11.5 Å². The van der Waals surface area contributed by atoms with Crippen molar-refractivity contribution in [2.75, 3.05) is 6.54 Å². The molecule has 1 N–H and O–H groups in total. The minimum absolute atomic E-state index is 0.614. The second kappa shape index (κ2) is 7.43. The van der Waals surface area contributed by atoms with Crippen LogP contribution >= 0.6 is 11.6 Å². The zero-order valence-electron chi connectivity index (χ0n) is 12.7. The van der Waals surface area contributed by atoms with Gasteiger partial charge in [-0.05, 0) is 43.7 Å². The maximum Gasteiger partial charge on any atom is 0.145 e. The van der Waals surface area contributed by atoms with E-state index in [-0.39, 0.29) is 0 Å². The molecule has 21 heavy (non-hydrogen) atoms. The first-order valence-corrected chi connectivity index (χ1v) is 7.52. The smallest absolute Gasteiger partial charge is 0.145 e. The predicted octanol–water partition coefficient (Wildman–Crippen LogP) is 4.58. The lowest BCUT2D eigenvalue weighted by Crippen LogP contribution is -2.19. The molecule has 0 fully saturated rings. The Kier molecular flexibility index (Phi) is 5.59. The van der Waals surface area contributed by atoms with Crippen LogP contribution in [0, 0.1) is 12.8 Å². The second-order valence-corrected chi connectivity index (χ2v) is 5.95. The number of hydrogen-bond acceptors (Lipinski definition) is 3. The summed E-state index contributed by atoms with van der Waals surface area (Å²) in [7, 11) is 0. The van der Waals surface area contributed by atoms with Gasteiger partial charge in [-0.1, -0.05) is 31.5 Å². The van der Waals surface area contributed by atoms with E-state index in [1.807, 2.05) is 37.3 Å². The lowest BCUT2D eigenvalue weighted by Gasteiger charge is -2.13. The van der Waals surface area contributed by atoms with E-state index in [9.17, 15) is 0 Å². The Morgan fingerprint density at radius 2 is 2.05 bits per heavy atom. The minimum Gasteiger partial charge on any atom is -0.455 e. The summed E-state index contributed by atoms with van der Waals surface area (Å²) in [5.74, 6) is 2.10. The summed E-state index contributed by atoms with van der Waals surface area (Å²) in [4.78, 5) is 4.24. The van der Waals surface area contributed by atoms with E-state index in [4.69, 9.17) is 16.3 Å². The lowest BCUT2D eigenvalue weighted by molar-refractivity contribution is 0.467. The Hall–Kier alpha value is -1.58. The van der Waals surface area contributed by atoms with E-state index >= 15 is 0 Å². The van der Waals surface area contributed by atoms with Crippen LogP contribution in [-0.2, 0) is 6.54 Å². The molecule has 0 unspecified atom stereocenters. The molecule has 4 heteroatoms. The van der Waals surface area contributed by atoms with Gasteiger partial charge >= 0.3 is 0 Å². The van der Waals surface area contributed by atoms with E-state index in [1.54, 1.807) is 6.20 Å². The Labute approximate surface area is 131 Å². The van der Waals surface area contributed by atoms with Crippen LogP contribution in [-0.4, -0.2) is 11.5 Å². The Morgan fingerprint density at radius 1 is 1.24 bits per heavy atom. The topological polar surface area (TPSA) is 34.1 Å². The number of ether oxygens (including phenoxy) is 1. The van der Waals surface area contributed by atoms with Crippen LogP contribution in [0.2, 0.25) is 5.02 Å².